The van der Waals surface area contributed by atoms with Crippen LogP contribution in [-0.4, -0.2) is 33.9 Å². The molecule has 0 fully saturated rings. The predicted octanol–water partition coefficient (Wildman–Crippen LogP) is 2.10. The van der Waals surface area contributed by atoms with Gasteiger partial charge < -0.3 is 20.1 Å². The van der Waals surface area contributed by atoms with E-state index in [-0.39, 0.29) is 30.3 Å². The summed E-state index contributed by atoms with van der Waals surface area (Å²) in [6.45, 7) is -0.298. The zero-order valence-corrected chi connectivity index (χ0v) is 15.9. The average Bonchev–Trinajstić information content (AvgIpc) is 2.72. The number of hydrogen-bond donors (Lipinski definition) is 5. The zero-order valence-electron chi connectivity index (χ0n) is 15.9. The molecule has 0 atom stereocenters. The summed E-state index contributed by atoms with van der Waals surface area (Å²) < 4.78 is 5.06. The topological polar surface area (TPSA) is 137 Å². The minimum atomic E-state index is -0.298. The van der Waals surface area contributed by atoms with Crippen LogP contribution in [0, 0.1) is 0 Å². The van der Waals surface area contributed by atoms with E-state index in [9.17, 15) is 20.1 Å². The average molecular weight is 397 g/mol. The quantitative estimate of drug-likeness (QED) is 0.189. The van der Waals surface area contributed by atoms with Crippen LogP contribution in [0.1, 0.15) is 23.1 Å². The molecule has 0 saturated heterocycles. The first-order valence-corrected chi connectivity index (χ1v) is 8.67. The largest absolute Gasteiger partial charge is 0.508 e. The number of rotatable bonds is 9. The van der Waals surface area contributed by atoms with Crippen molar-refractivity contribution in [1.29, 1.82) is 0 Å². The third-order valence-electron chi connectivity index (χ3n) is 3.97. The van der Waals surface area contributed by atoms with Crippen LogP contribution in [0.5, 0.6) is 17.2 Å². The second-order valence-corrected chi connectivity index (χ2v) is 6.02. The van der Waals surface area contributed by atoms with Gasteiger partial charge in [-0.2, -0.15) is 5.10 Å². The molecule has 2 aromatic rings. The number of aromatic hydroxyl groups is 2. The molecule has 2 rings (SSSR count). The lowest BCUT2D eigenvalue weighted by molar-refractivity contribution is -0.113. The highest BCUT2D eigenvalue weighted by atomic mass is 16.5. The highest BCUT2D eigenvalue weighted by Gasteiger charge is 2.05. The molecule has 152 valence electrons. The lowest BCUT2D eigenvalue weighted by atomic mass is 10.1. The summed E-state index contributed by atoms with van der Waals surface area (Å²) in [6, 6.07) is 9.51. The van der Waals surface area contributed by atoms with Crippen molar-refractivity contribution in [3.8, 4) is 17.2 Å². The van der Waals surface area contributed by atoms with Gasteiger partial charge in [-0.1, -0.05) is 24.3 Å². The second kappa shape index (κ2) is 10.6. The summed E-state index contributed by atoms with van der Waals surface area (Å²) in [5, 5.41) is 32.3. The Hall–Kier alpha value is -3.62. The van der Waals surface area contributed by atoms with E-state index in [1.54, 1.807) is 42.5 Å². The third-order valence-corrected chi connectivity index (χ3v) is 3.97. The smallest absolute Gasteiger partial charge is 0.161 e. The van der Waals surface area contributed by atoms with Gasteiger partial charge in [0.15, 0.2) is 17.3 Å². The minimum absolute atomic E-state index is 0.00262. The maximum absolute atomic E-state index is 12.3. The van der Waals surface area contributed by atoms with Crippen LogP contribution >= 0.6 is 0 Å². The summed E-state index contributed by atoms with van der Waals surface area (Å²) in [4.78, 5) is 12.3. The number of nitrogens with zero attached hydrogens (tertiary/aromatic N) is 1. The monoisotopic (exact) mass is 397 g/mol. The van der Waals surface area contributed by atoms with Crippen LogP contribution in [0.25, 0.3) is 12.2 Å². The van der Waals surface area contributed by atoms with Crippen molar-refractivity contribution in [2.24, 2.45) is 10.9 Å². The first-order valence-electron chi connectivity index (χ1n) is 8.67. The van der Waals surface area contributed by atoms with Crippen LogP contribution in [0.3, 0.4) is 0 Å². The van der Waals surface area contributed by atoms with Crippen molar-refractivity contribution in [1.82, 2.24) is 5.53 Å². The molecule has 29 heavy (non-hydrogen) atoms. The van der Waals surface area contributed by atoms with Crippen molar-refractivity contribution in [3.63, 3.8) is 0 Å². The maximum Gasteiger partial charge on any atom is 0.161 e. The first kappa shape index (κ1) is 21.7. The number of benzene rings is 2. The van der Waals surface area contributed by atoms with E-state index in [2.05, 4.69) is 10.6 Å². The van der Waals surface area contributed by atoms with Gasteiger partial charge in [-0.05, 0) is 47.5 Å². The molecule has 0 aliphatic carbocycles. The molecule has 0 radical (unpaired) electrons. The minimum Gasteiger partial charge on any atom is -0.508 e. The molecule has 0 unspecified atom stereocenters. The molecule has 8 heteroatoms. The molecule has 6 N–H and O–H groups in total. The number of hydrazine groups is 1. The molecule has 0 aliphatic heterocycles. The summed E-state index contributed by atoms with van der Waals surface area (Å²) >= 11 is 0. The highest BCUT2D eigenvalue weighted by Crippen LogP contribution is 2.26. The number of allylic oxidation sites excluding steroid dienone is 2. The van der Waals surface area contributed by atoms with E-state index in [4.69, 9.17) is 10.6 Å². The molecule has 0 saturated carbocycles. The third kappa shape index (κ3) is 6.49. The lowest BCUT2D eigenvalue weighted by Gasteiger charge is -2.04. The van der Waals surface area contributed by atoms with Crippen molar-refractivity contribution in [2.75, 3.05) is 7.11 Å². The van der Waals surface area contributed by atoms with Gasteiger partial charge in [0, 0.05) is 5.56 Å². The van der Waals surface area contributed by atoms with Gasteiger partial charge in [0.2, 0.25) is 0 Å². The van der Waals surface area contributed by atoms with E-state index in [0.717, 1.165) is 5.56 Å². The molecule has 0 heterocycles. The number of methoxy groups -OCH3 is 1. The summed E-state index contributed by atoms with van der Waals surface area (Å²) in [6.07, 6.45) is 6.31. The van der Waals surface area contributed by atoms with Gasteiger partial charge in [0.1, 0.15) is 5.75 Å². The van der Waals surface area contributed by atoms with Crippen molar-refractivity contribution >= 4 is 23.6 Å². The molecule has 0 spiro atoms. The Morgan fingerprint density at radius 3 is 2.41 bits per heavy atom. The van der Waals surface area contributed by atoms with Crippen LogP contribution < -0.4 is 16.1 Å². The fourth-order valence-electron chi connectivity index (χ4n) is 2.47. The van der Waals surface area contributed by atoms with Crippen LogP contribution in [0.15, 0.2) is 53.7 Å². The van der Waals surface area contributed by atoms with Crippen molar-refractivity contribution in [2.45, 2.75) is 13.0 Å². The predicted molar refractivity (Wildman–Crippen MR) is 111 cm³/mol. The number of aliphatic hydroxyl groups excluding tert-OH is 1. The standard InChI is InChI=1S/C21H23N3O5/c1-29-21-11-15(5-9-20(21)28)2-6-17(23-24-22)12-18(26)7-3-14-4-8-19(27)16(10-14)13-25/h2-11,24-25,27-28H,12-13,22H2,1H3/b6-2+,7-3+,23-17-. The number of nitrogens with one attached hydrogen (secondary N) is 1. The number of hydrazone groups is 1. The summed E-state index contributed by atoms with van der Waals surface area (Å²) in [7, 11) is 1.45. The SMILES string of the molecule is COc1cc(/C=C/C(CC(=O)/C=C/c2ccc(O)c(CO)c2)=N/NN)ccc1O. The Balaban J connectivity index is 2.08. The van der Waals surface area contributed by atoms with E-state index in [0.29, 0.717) is 22.6 Å². The fourth-order valence-corrected chi connectivity index (χ4v) is 2.47. The van der Waals surface area contributed by atoms with Gasteiger partial charge in [0.25, 0.3) is 0 Å². The Morgan fingerprint density at radius 2 is 1.76 bits per heavy atom. The highest BCUT2D eigenvalue weighted by molar-refractivity contribution is 6.13. The summed E-state index contributed by atoms with van der Waals surface area (Å²) in [5.41, 5.74) is 4.36. The van der Waals surface area contributed by atoms with Gasteiger partial charge in [-0.15, -0.1) is 0 Å². The number of phenols is 2. The number of carbonyl (C=O) groups excluding carboxylic acids is 1. The molecule has 2 aromatic carbocycles. The van der Waals surface area contributed by atoms with E-state index >= 15 is 0 Å². The number of hydrogen-bond acceptors (Lipinski definition) is 8. The van der Waals surface area contributed by atoms with Crippen LogP contribution in [-0.2, 0) is 11.4 Å². The molecular formula is C21H23N3O5. The Kier molecular flexibility index (Phi) is 7.96. The van der Waals surface area contributed by atoms with E-state index in [1.165, 1.54) is 25.3 Å². The maximum atomic E-state index is 12.3. The van der Waals surface area contributed by atoms with Gasteiger partial charge in [-0.25, -0.2) is 11.4 Å². The number of carbonyl (C=O) groups is 1. The number of ketones is 1. The molecule has 0 bridgehead atoms. The zero-order chi connectivity index (χ0) is 21.2. The van der Waals surface area contributed by atoms with E-state index in [1.807, 2.05) is 0 Å². The lowest BCUT2D eigenvalue weighted by Crippen LogP contribution is -2.17. The molecular weight excluding hydrogens is 374 g/mol. The number of ether oxygens (including phenoxy) is 1. The number of nitrogens with two attached hydrogens (primary N) is 1. The van der Waals surface area contributed by atoms with Gasteiger partial charge in [-0.3, -0.25) is 4.79 Å². The Morgan fingerprint density at radius 1 is 1.10 bits per heavy atom. The van der Waals surface area contributed by atoms with Gasteiger partial charge >= 0.3 is 0 Å². The van der Waals surface area contributed by atoms with Gasteiger partial charge in [0.05, 0.1) is 25.8 Å². The molecule has 0 aromatic heterocycles. The van der Waals surface area contributed by atoms with Crippen LogP contribution in [0.2, 0.25) is 0 Å². The Bertz CT molecular complexity index is 951. The van der Waals surface area contributed by atoms with Crippen molar-refractivity contribution < 1.29 is 24.9 Å². The number of phenolic OH excluding ortho intramolecular Hbond substituents is 1. The molecule has 8 nitrogen and oxygen atoms in total. The first-order chi connectivity index (χ1) is 14.0. The molecule has 0 amide bonds. The second-order valence-electron chi connectivity index (χ2n) is 6.02. The van der Waals surface area contributed by atoms with E-state index < -0.39 is 0 Å². The fraction of sp³-hybridized carbons (Fsp3) is 0.143. The summed E-state index contributed by atoms with van der Waals surface area (Å²) in [5.74, 6) is 5.39. The van der Waals surface area contributed by atoms with Crippen LogP contribution in [0.4, 0.5) is 0 Å². The Labute approximate surface area is 168 Å². The molecule has 0 aliphatic rings. The van der Waals surface area contributed by atoms with Crippen molar-refractivity contribution in [3.05, 3.63) is 65.2 Å². The normalized spacial score (nSPS) is 11.9. The number of aliphatic hydroxyl groups is 1.